The molecule has 15 heavy (non-hydrogen) atoms. The molecule has 0 saturated carbocycles. The van der Waals surface area contributed by atoms with Crippen molar-refractivity contribution < 1.29 is 9.53 Å². The van der Waals surface area contributed by atoms with E-state index in [0.29, 0.717) is 16.5 Å². The molecule has 0 unspecified atom stereocenters. The lowest BCUT2D eigenvalue weighted by Gasteiger charge is -1.95. The molecule has 1 heterocycles. The first-order valence-electron chi connectivity index (χ1n) is 4.50. The number of thiol groups is 1. The Hall–Kier alpha value is -0.990. The van der Waals surface area contributed by atoms with Gasteiger partial charge in [0.1, 0.15) is 4.88 Å². The average molecular weight is 241 g/mol. The first kappa shape index (κ1) is 12.1. The Morgan fingerprint density at radius 2 is 2.53 bits per heavy atom. The molecular formula is C10H11NO2S2. The largest absolute Gasteiger partial charge is 0.462 e. The average Bonchev–Trinajstić information content (AvgIpc) is 2.67. The van der Waals surface area contributed by atoms with Crippen molar-refractivity contribution in [2.24, 2.45) is 0 Å². The van der Waals surface area contributed by atoms with Crippen LogP contribution in [0.2, 0.25) is 0 Å². The molecule has 0 aliphatic rings. The maximum absolute atomic E-state index is 11.3. The van der Waals surface area contributed by atoms with E-state index in [1.54, 1.807) is 6.92 Å². The van der Waals surface area contributed by atoms with Gasteiger partial charge in [0, 0.05) is 12.2 Å². The topological polar surface area (TPSA) is 39.2 Å². The SMILES string of the molecule is CCOC(=O)c1cnc(C#CCCS)s1. The van der Waals surface area contributed by atoms with Crippen LogP contribution in [0.4, 0.5) is 0 Å². The minimum Gasteiger partial charge on any atom is -0.462 e. The van der Waals surface area contributed by atoms with Crippen molar-refractivity contribution in [1.82, 2.24) is 4.98 Å². The van der Waals surface area contributed by atoms with Crippen LogP contribution < -0.4 is 0 Å². The Morgan fingerprint density at radius 1 is 1.73 bits per heavy atom. The van der Waals surface area contributed by atoms with E-state index in [1.807, 2.05) is 0 Å². The number of ether oxygens (including phenoxy) is 1. The Bertz CT molecular complexity index is 390. The van der Waals surface area contributed by atoms with Crippen LogP contribution in [0, 0.1) is 11.8 Å². The third-order valence-electron chi connectivity index (χ3n) is 1.41. The van der Waals surface area contributed by atoms with Crippen molar-refractivity contribution in [2.45, 2.75) is 13.3 Å². The normalized spacial score (nSPS) is 9.20. The van der Waals surface area contributed by atoms with Gasteiger partial charge in [-0.15, -0.1) is 0 Å². The number of hydrogen-bond acceptors (Lipinski definition) is 5. The molecule has 1 aromatic rings. The lowest BCUT2D eigenvalue weighted by molar-refractivity contribution is 0.0532. The summed E-state index contributed by atoms with van der Waals surface area (Å²) in [6, 6.07) is 0. The number of carbonyl (C=O) groups excluding carboxylic acids is 1. The van der Waals surface area contributed by atoms with Crippen LogP contribution >= 0.6 is 24.0 Å². The predicted molar refractivity (Wildman–Crippen MR) is 63.4 cm³/mol. The summed E-state index contributed by atoms with van der Waals surface area (Å²) < 4.78 is 4.84. The zero-order valence-electron chi connectivity index (χ0n) is 8.32. The van der Waals surface area contributed by atoms with Gasteiger partial charge in [-0.2, -0.15) is 12.6 Å². The van der Waals surface area contributed by atoms with E-state index in [-0.39, 0.29) is 5.97 Å². The van der Waals surface area contributed by atoms with Crippen LogP contribution in [0.25, 0.3) is 0 Å². The predicted octanol–water partition coefficient (Wildman–Crippen LogP) is 1.99. The molecule has 80 valence electrons. The van der Waals surface area contributed by atoms with Gasteiger partial charge in [0.05, 0.1) is 12.8 Å². The molecule has 0 radical (unpaired) electrons. The molecule has 5 heteroatoms. The van der Waals surface area contributed by atoms with E-state index < -0.39 is 0 Å². The maximum Gasteiger partial charge on any atom is 0.349 e. The summed E-state index contributed by atoms with van der Waals surface area (Å²) in [5, 5.41) is 0.639. The maximum atomic E-state index is 11.3. The Kier molecular flexibility index (Phi) is 5.22. The fourth-order valence-electron chi connectivity index (χ4n) is 0.823. The molecule has 1 aromatic heterocycles. The van der Waals surface area contributed by atoms with Crippen molar-refractivity contribution >= 4 is 29.9 Å². The minimum absolute atomic E-state index is 0.336. The number of carbonyl (C=O) groups is 1. The van der Waals surface area contributed by atoms with Crippen molar-refractivity contribution in [1.29, 1.82) is 0 Å². The number of hydrogen-bond donors (Lipinski definition) is 1. The molecule has 0 bridgehead atoms. The fraction of sp³-hybridized carbons (Fsp3) is 0.400. The Labute approximate surface area is 98.3 Å². The number of esters is 1. The van der Waals surface area contributed by atoms with Gasteiger partial charge in [-0.25, -0.2) is 9.78 Å². The first-order valence-corrected chi connectivity index (χ1v) is 5.95. The zero-order chi connectivity index (χ0) is 11.1. The highest BCUT2D eigenvalue weighted by molar-refractivity contribution is 7.80. The minimum atomic E-state index is -0.336. The number of thiazole rings is 1. The lowest BCUT2D eigenvalue weighted by Crippen LogP contribution is -2.01. The molecule has 0 aromatic carbocycles. The van der Waals surface area contributed by atoms with Gasteiger partial charge in [-0.3, -0.25) is 0 Å². The molecule has 0 N–H and O–H groups in total. The summed E-state index contributed by atoms with van der Waals surface area (Å²) in [6.45, 7) is 2.14. The van der Waals surface area contributed by atoms with Gasteiger partial charge >= 0.3 is 5.97 Å². The summed E-state index contributed by atoms with van der Waals surface area (Å²) in [7, 11) is 0. The van der Waals surface area contributed by atoms with Crippen LogP contribution in [0.1, 0.15) is 28.0 Å². The zero-order valence-corrected chi connectivity index (χ0v) is 10.0. The summed E-state index contributed by atoms with van der Waals surface area (Å²) in [6.07, 6.45) is 2.21. The van der Waals surface area contributed by atoms with E-state index in [9.17, 15) is 4.79 Å². The molecule has 0 aliphatic heterocycles. The summed E-state index contributed by atoms with van der Waals surface area (Å²) >= 11 is 5.29. The van der Waals surface area contributed by atoms with Crippen molar-refractivity contribution in [3.8, 4) is 11.8 Å². The standard InChI is InChI=1S/C10H11NO2S2/c1-2-13-10(12)8-7-11-9(15-8)5-3-4-6-14/h7,14H,2,4,6H2,1H3. The van der Waals surface area contributed by atoms with Crippen LogP contribution in [-0.2, 0) is 4.74 Å². The summed E-state index contributed by atoms with van der Waals surface area (Å²) in [5.41, 5.74) is 0. The first-order chi connectivity index (χ1) is 7.27. The molecule has 0 amide bonds. The summed E-state index contributed by atoms with van der Waals surface area (Å²) in [5.74, 6) is 6.16. The lowest BCUT2D eigenvalue weighted by atomic mass is 10.5. The monoisotopic (exact) mass is 241 g/mol. The third-order valence-corrected chi connectivity index (χ3v) is 2.53. The molecular weight excluding hydrogens is 230 g/mol. The van der Waals surface area contributed by atoms with Gasteiger partial charge in [-0.05, 0) is 12.8 Å². The number of aromatic nitrogens is 1. The van der Waals surface area contributed by atoms with E-state index >= 15 is 0 Å². The molecule has 0 saturated heterocycles. The van der Waals surface area contributed by atoms with E-state index in [4.69, 9.17) is 4.74 Å². The van der Waals surface area contributed by atoms with Gasteiger partial charge in [-0.1, -0.05) is 17.3 Å². The van der Waals surface area contributed by atoms with Crippen molar-refractivity contribution in [2.75, 3.05) is 12.4 Å². The van der Waals surface area contributed by atoms with Crippen LogP contribution in [0.15, 0.2) is 6.20 Å². The molecule has 0 atom stereocenters. The van der Waals surface area contributed by atoms with Gasteiger partial charge in [0.15, 0.2) is 5.01 Å². The van der Waals surface area contributed by atoms with Crippen molar-refractivity contribution in [3.05, 3.63) is 16.1 Å². The smallest absolute Gasteiger partial charge is 0.349 e. The van der Waals surface area contributed by atoms with Gasteiger partial charge < -0.3 is 4.74 Å². The molecule has 0 aliphatic carbocycles. The molecule has 0 spiro atoms. The summed E-state index contributed by atoms with van der Waals surface area (Å²) in [4.78, 5) is 15.8. The second-order valence-electron chi connectivity index (χ2n) is 2.53. The molecule has 0 fully saturated rings. The van der Waals surface area contributed by atoms with Crippen LogP contribution in [0.3, 0.4) is 0 Å². The van der Waals surface area contributed by atoms with Crippen molar-refractivity contribution in [3.63, 3.8) is 0 Å². The molecule has 3 nitrogen and oxygen atoms in total. The van der Waals surface area contributed by atoms with E-state index in [2.05, 4.69) is 29.5 Å². The number of rotatable bonds is 3. The number of nitrogens with zero attached hydrogens (tertiary/aromatic N) is 1. The Balaban J connectivity index is 2.65. The molecule has 1 rings (SSSR count). The van der Waals surface area contributed by atoms with E-state index in [0.717, 1.165) is 12.2 Å². The highest BCUT2D eigenvalue weighted by atomic mass is 32.1. The van der Waals surface area contributed by atoms with Gasteiger partial charge in [0.2, 0.25) is 0 Å². The fourth-order valence-corrected chi connectivity index (χ4v) is 1.62. The third kappa shape index (κ3) is 3.94. The Morgan fingerprint density at radius 3 is 3.20 bits per heavy atom. The van der Waals surface area contributed by atoms with Gasteiger partial charge in [0.25, 0.3) is 0 Å². The quantitative estimate of drug-likeness (QED) is 0.500. The second-order valence-corrected chi connectivity index (χ2v) is 4.00. The highest BCUT2D eigenvalue weighted by Gasteiger charge is 2.09. The highest BCUT2D eigenvalue weighted by Crippen LogP contribution is 2.12. The van der Waals surface area contributed by atoms with E-state index in [1.165, 1.54) is 17.5 Å². The van der Waals surface area contributed by atoms with Crippen LogP contribution in [-0.4, -0.2) is 23.3 Å². The second kappa shape index (κ2) is 6.49. The van der Waals surface area contributed by atoms with Crippen LogP contribution in [0.5, 0.6) is 0 Å².